The first kappa shape index (κ1) is 19.7. The largest absolute Gasteiger partial charge is 0.493 e. The van der Waals surface area contributed by atoms with E-state index in [-0.39, 0.29) is 0 Å². The number of carbonyl (C=O) groups excluding carboxylic acids is 1. The minimum atomic E-state index is -0.396. The van der Waals surface area contributed by atoms with Gasteiger partial charge >= 0.3 is 5.97 Å². The van der Waals surface area contributed by atoms with E-state index >= 15 is 0 Å². The van der Waals surface area contributed by atoms with Gasteiger partial charge in [0.05, 0.1) is 45.5 Å². The molecular weight excluding hydrogens is 382 g/mol. The summed E-state index contributed by atoms with van der Waals surface area (Å²) in [6.07, 6.45) is 1.49. The van der Waals surface area contributed by atoms with Crippen molar-refractivity contribution in [2.75, 3.05) is 27.9 Å². The highest BCUT2D eigenvalue weighted by Crippen LogP contribution is 2.41. The number of carbonyl (C=O) groups is 1. The minimum Gasteiger partial charge on any atom is -0.493 e. The molecule has 2 aromatic heterocycles. The molecule has 0 saturated carbocycles. The number of hydrogen-bond donors (Lipinski definition) is 0. The molecule has 0 spiro atoms. The number of ether oxygens (including phenoxy) is 4. The number of nitrogens with zero attached hydrogens (tertiary/aromatic N) is 3. The van der Waals surface area contributed by atoms with E-state index < -0.39 is 5.97 Å². The Labute approximate surface area is 166 Å². The van der Waals surface area contributed by atoms with Gasteiger partial charge in [0.2, 0.25) is 10.9 Å². The molecule has 1 aromatic carbocycles. The SMILES string of the molecule is CCOC(=O)c1cnn(-c2nc(-c3cc(OC)c(OC)c(OC)c3)cs2)c1C. The third kappa shape index (κ3) is 3.53. The fourth-order valence-corrected chi connectivity index (χ4v) is 3.58. The fraction of sp³-hybridized carbons (Fsp3) is 0.316. The molecule has 0 aliphatic heterocycles. The van der Waals surface area contributed by atoms with Crippen LogP contribution in [-0.2, 0) is 4.74 Å². The number of methoxy groups -OCH3 is 3. The van der Waals surface area contributed by atoms with Gasteiger partial charge in [-0.3, -0.25) is 0 Å². The second-order valence-electron chi connectivity index (χ2n) is 5.71. The Bertz CT molecular complexity index is 970. The maximum Gasteiger partial charge on any atom is 0.341 e. The quantitative estimate of drug-likeness (QED) is 0.558. The second kappa shape index (κ2) is 8.30. The Morgan fingerprint density at radius 1 is 1.14 bits per heavy atom. The van der Waals surface area contributed by atoms with Gasteiger partial charge in [0, 0.05) is 10.9 Å². The van der Waals surface area contributed by atoms with Gasteiger partial charge in [-0.05, 0) is 26.0 Å². The monoisotopic (exact) mass is 403 g/mol. The topological polar surface area (TPSA) is 84.7 Å². The lowest BCUT2D eigenvalue weighted by atomic mass is 10.1. The number of thiazole rings is 1. The number of rotatable bonds is 7. The van der Waals surface area contributed by atoms with Crippen molar-refractivity contribution in [3.8, 4) is 33.6 Å². The van der Waals surface area contributed by atoms with Gasteiger partial charge in [-0.25, -0.2) is 14.5 Å². The van der Waals surface area contributed by atoms with Crippen molar-refractivity contribution < 1.29 is 23.7 Å². The molecule has 0 N–H and O–H groups in total. The summed E-state index contributed by atoms with van der Waals surface area (Å²) in [7, 11) is 4.69. The fourth-order valence-electron chi connectivity index (χ4n) is 2.73. The normalized spacial score (nSPS) is 10.6. The second-order valence-corrected chi connectivity index (χ2v) is 6.54. The zero-order valence-electron chi connectivity index (χ0n) is 16.3. The van der Waals surface area contributed by atoms with E-state index in [1.54, 1.807) is 39.9 Å². The first-order chi connectivity index (χ1) is 13.5. The van der Waals surface area contributed by atoms with Crippen LogP contribution in [0, 0.1) is 6.92 Å². The molecule has 0 saturated heterocycles. The van der Waals surface area contributed by atoms with Gasteiger partial charge in [0.25, 0.3) is 0 Å². The summed E-state index contributed by atoms with van der Waals surface area (Å²) in [5.41, 5.74) is 2.63. The molecule has 8 nitrogen and oxygen atoms in total. The number of esters is 1. The molecule has 0 radical (unpaired) electrons. The van der Waals surface area contributed by atoms with Gasteiger partial charge < -0.3 is 18.9 Å². The summed E-state index contributed by atoms with van der Waals surface area (Å²) in [6, 6.07) is 3.67. The van der Waals surface area contributed by atoms with Crippen LogP contribution in [-0.4, -0.2) is 48.7 Å². The highest BCUT2D eigenvalue weighted by Gasteiger charge is 2.19. The molecule has 0 unspecified atom stereocenters. The van der Waals surface area contributed by atoms with E-state index in [4.69, 9.17) is 18.9 Å². The van der Waals surface area contributed by atoms with E-state index in [0.717, 1.165) is 11.3 Å². The van der Waals surface area contributed by atoms with Crippen LogP contribution >= 0.6 is 11.3 Å². The Kier molecular flexibility index (Phi) is 5.84. The summed E-state index contributed by atoms with van der Waals surface area (Å²) in [4.78, 5) is 16.7. The molecule has 28 heavy (non-hydrogen) atoms. The Balaban J connectivity index is 1.99. The van der Waals surface area contributed by atoms with Crippen LogP contribution in [0.1, 0.15) is 23.0 Å². The van der Waals surface area contributed by atoms with Crippen LogP contribution in [0.3, 0.4) is 0 Å². The minimum absolute atomic E-state index is 0.311. The summed E-state index contributed by atoms with van der Waals surface area (Å²) in [5, 5.41) is 6.83. The van der Waals surface area contributed by atoms with E-state index in [2.05, 4.69) is 10.1 Å². The van der Waals surface area contributed by atoms with E-state index in [1.165, 1.54) is 17.5 Å². The van der Waals surface area contributed by atoms with E-state index in [9.17, 15) is 4.79 Å². The molecule has 2 heterocycles. The van der Waals surface area contributed by atoms with Gasteiger partial charge in [-0.15, -0.1) is 11.3 Å². The third-order valence-corrected chi connectivity index (χ3v) is 4.96. The van der Waals surface area contributed by atoms with Gasteiger partial charge in [-0.1, -0.05) is 0 Å². The van der Waals surface area contributed by atoms with Crippen molar-refractivity contribution in [3.05, 3.63) is 35.0 Å². The predicted octanol–water partition coefficient (Wildman–Crippen LogP) is 3.51. The lowest BCUT2D eigenvalue weighted by molar-refractivity contribution is 0.0525. The Morgan fingerprint density at radius 3 is 2.39 bits per heavy atom. The number of aromatic nitrogens is 3. The zero-order valence-corrected chi connectivity index (χ0v) is 17.1. The van der Waals surface area contributed by atoms with Crippen LogP contribution in [0.25, 0.3) is 16.4 Å². The first-order valence-corrected chi connectivity index (χ1v) is 9.40. The molecule has 0 amide bonds. The van der Waals surface area contributed by atoms with Crippen LogP contribution in [0.4, 0.5) is 0 Å². The van der Waals surface area contributed by atoms with E-state index in [1.807, 2.05) is 17.5 Å². The van der Waals surface area contributed by atoms with Gasteiger partial charge in [0.1, 0.15) is 5.56 Å². The van der Waals surface area contributed by atoms with Crippen molar-refractivity contribution in [3.63, 3.8) is 0 Å². The molecule has 3 rings (SSSR count). The van der Waals surface area contributed by atoms with E-state index in [0.29, 0.717) is 40.2 Å². The Morgan fingerprint density at radius 2 is 1.82 bits per heavy atom. The highest BCUT2D eigenvalue weighted by molar-refractivity contribution is 7.12. The van der Waals surface area contributed by atoms with Crippen molar-refractivity contribution in [1.29, 1.82) is 0 Å². The predicted molar refractivity (Wildman–Crippen MR) is 105 cm³/mol. The van der Waals surface area contributed by atoms with Gasteiger partial charge in [-0.2, -0.15) is 5.10 Å². The van der Waals surface area contributed by atoms with Crippen molar-refractivity contribution in [1.82, 2.24) is 14.8 Å². The standard InChI is InChI=1S/C19H21N3O5S/c1-6-27-18(23)13-9-20-22(11(13)2)19-21-14(10-28-19)12-7-15(24-3)17(26-5)16(8-12)25-4/h7-10H,6H2,1-5H3. The van der Waals surface area contributed by atoms with Crippen LogP contribution < -0.4 is 14.2 Å². The maximum atomic E-state index is 12.0. The molecule has 9 heteroatoms. The lowest BCUT2D eigenvalue weighted by Gasteiger charge is -2.13. The molecule has 0 aliphatic carbocycles. The summed E-state index contributed by atoms with van der Waals surface area (Å²) in [5.74, 6) is 1.22. The molecule has 148 valence electrons. The average molecular weight is 403 g/mol. The van der Waals surface area contributed by atoms with Crippen molar-refractivity contribution >= 4 is 17.3 Å². The molecule has 0 atom stereocenters. The first-order valence-electron chi connectivity index (χ1n) is 8.52. The van der Waals surface area contributed by atoms with Gasteiger partial charge in [0.15, 0.2) is 11.5 Å². The lowest BCUT2D eigenvalue weighted by Crippen LogP contribution is -2.06. The molecule has 0 bridgehead atoms. The van der Waals surface area contributed by atoms with Crippen LogP contribution in [0.2, 0.25) is 0 Å². The van der Waals surface area contributed by atoms with Crippen LogP contribution in [0.5, 0.6) is 17.2 Å². The van der Waals surface area contributed by atoms with Crippen LogP contribution in [0.15, 0.2) is 23.7 Å². The average Bonchev–Trinajstić information content (AvgIpc) is 3.33. The van der Waals surface area contributed by atoms with Crippen molar-refractivity contribution in [2.24, 2.45) is 0 Å². The smallest absolute Gasteiger partial charge is 0.341 e. The maximum absolute atomic E-state index is 12.0. The Hall–Kier alpha value is -3.07. The van der Waals surface area contributed by atoms with Crippen molar-refractivity contribution in [2.45, 2.75) is 13.8 Å². The summed E-state index contributed by atoms with van der Waals surface area (Å²) < 4.78 is 22.9. The molecular formula is C19H21N3O5S. The summed E-state index contributed by atoms with van der Waals surface area (Å²) >= 11 is 1.41. The molecule has 0 fully saturated rings. The third-order valence-electron chi connectivity index (χ3n) is 4.14. The highest BCUT2D eigenvalue weighted by atomic mass is 32.1. The summed E-state index contributed by atoms with van der Waals surface area (Å²) in [6.45, 7) is 3.88. The zero-order chi connectivity index (χ0) is 20.3. The number of benzene rings is 1. The molecule has 0 aliphatic rings. The number of hydrogen-bond acceptors (Lipinski definition) is 8. The molecule has 3 aromatic rings.